The van der Waals surface area contributed by atoms with Gasteiger partial charge in [0.25, 0.3) is 0 Å². The first kappa shape index (κ1) is 13.3. The van der Waals surface area contributed by atoms with Gasteiger partial charge in [-0.15, -0.1) is 0 Å². The van der Waals surface area contributed by atoms with Crippen LogP contribution in [0.4, 0.5) is 11.4 Å². The molecule has 0 aromatic heterocycles. The van der Waals surface area contributed by atoms with Crippen molar-refractivity contribution in [2.75, 3.05) is 18.5 Å². The zero-order valence-corrected chi connectivity index (χ0v) is 11.4. The topological polar surface area (TPSA) is 80.9 Å². The van der Waals surface area contributed by atoms with E-state index in [1.807, 2.05) is 48.5 Å². The molecule has 0 radical (unpaired) electrons. The highest BCUT2D eigenvalue weighted by atomic mass is 16.6. The molecule has 4 N–H and O–H groups in total. The Labute approximate surface area is 122 Å². The van der Waals surface area contributed by atoms with Crippen molar-refractivity contribution in [1.82, 2.24) is 5.43 Å². The summed E-state index contributed by atoms with van der Waals surface area (Å²) in [5.41, 5.74) is 4.16. The highest BCUT2D eigenvalue weighted by Crippen LogP contribution is 2.32. The van der Waals surface area contributed by atoms with Crippen molar-refractivity contribution in [2.45, 2.75) is 0 Å². The molecule has 6 nitrogen and oxygen atoms in total. The van der Waals surface area contributed by atoms with Gasteiger partial charge in [0.05, 0.1) is 5.69 Å². The fourth-order valence-electron chi connectivity index (χ4n) is 1.99. The van der Waals surface area contributed by atoms with Gasteiger partial charge in [0.1, 0.15) is 13.2 Å². The third-order valence-electron chi connectivity index (χ3n) is 2.94. The maximum atomic E-state index is 5.54. The van der Waals surface area contributed by atoms with Crippen LogP contribution in [0.2, 0.25) is 0 Å². The Morgan fingerprint density at radius 1 is 1.00 bits per heavy atom. The smallest absolute Gasteiger partial charge is 0.215 e. The summed E-state index contributed by atoms with van der Waals surface area (Å²) in [5.74, 6) is 7.40. The van der Waals surface area contributed by atoms with E-state index in [-0.39, 0.29) is 0 Å². The van der Waals surface area contributed by atoms with Crippen molar-refractivity contribution in [2.24, 2.45) is 10.8 Å². The normalized spacial score (nSPS) is 13.7. The van der Waals surface area contributed by atoms with Crippen LogP contribution in [0.5, 0.6) is 11.5 Å². The molecule has 0 amide bonds. The Hall–Kier alpha value is -2.73. The summed E-state index contributed by atoms with van der Waals surface area (Å²) in [7, 11) is 0. The van der Waals surface area contributed by atoms with Gasteiger partial charge in [0.2, 0.25) is 5.96 Å². The Morgan fingerprint density at radius 3 is 2.52 bits per heavy atom. The molecule has 21 heavy (non-hydrogen) atoms. The number of para-hydroxylation sites is 1. The molecule has 3 rings (SSSR count). The van der Waals surface area contributed by atoms with Gasteiger partial charge < -0.3 is 14.8 Å². The molecule has 2 aromatic carbocycles. The number of hydrogen-bond donors (Lipinski definition) is 3. The summed E-state index contributed by atoms with van der Waals surface area (Å²) in [6.45, 7) is 1.13. The molecule has 0 aliphatic carbocycles. The van der Waals surface area contributed by atoms with Crippen LogP contribution in [0, 0.1) is 0 Å². The molecule has 0 saturated carbocycles. The number of rotatable bonds is 2. The van der Waals surface area contributed by atoms with Crippen molar-refractivity contribution >= 4 is 17.3 Å². The maximum absolute atomic E-state index is 5.54. The molecule has 0 unspecified atom stereocenters. The number of nitrogens with two attached hydrogens (primary N) is 1. The Morgan fingerprint density at radius 2 is 1.76 bits per heavy atom. The molecule has 0 atom stereocenters. The summed E-state index contributed by atoms with van der Waals surface area (Å²) in [5, 5.41) is 3.11. The van der Waals surface area contributed by atoms with Crippen molar-refractivity contribution in [3.8, 4) is 11.5 Å². The Kier molecular flexibility index (Phi) is 3.88. The molecule has 1 aliphatic rings. The second kappa shape index (κ2) is 6.15. The molecule has 0 fully saturated rings. The molecule has 108 valence electrons. The highest BCUT2D eigenvalue weighted by Gasteiger charge is 2.12. The van der Waals surface area contributed by atoms with Gasteiger partial charge in [-0.05, 0) is 24.3 Å². The van der Waals surface area contributed by atoms with E-state index in [0.717, 1.165) is 17.1 Å². The minimum atomic E-state index is 0.442. The molecule has 0 spiro atoms. The van der Waals surface area contributed by atoms with Crippen LogP contribution < -0.4 is 26.1 Å². The van der Waals surface area contributed by atoms with Crippen LogP contribution in [0.15, 0.2) is 53.5 Å². The van der Waals surface area contributed by atoms with Gasteiger partial charge in [-0.3, -0.25) is 5.43 Å². The summed E-state index contributed by atoms with van der Waals surface area (Å²) in [4.78, 5) is 4.38. The van der Waals surface area contributed by atoms with E-state index in [1.54, 1.807) is 0 Å². The largest absolute Gasteiger partial charge is 0.486 e. The van der Waals surface area contributed by atoms with E-state index in [0.29, 0.717) is 24.9 Å². The fourth-order valence-corrected chi connectivity index (χ4v) is 1.99. The third-order valence-corrected chi connectivity index (χ3v) is 2.94. The number of anilines is 1. The minimum Gasteiger partial charge on any atom is -0.486 e. The van der Waals surface area contributed by atoms with Gasteiger partial charge in [0.15, 0.2) is 11.5 Å². The number of nitrogens with zero attached hydrogens (tertiary/aromatic N) is 1. The standard InChI is InChI=1S/C15H16N4O2/c16-19-15(17-11-4-2-1-3-5-11)18-12-6-7-13-14(10-12)21-9-8-20-13/h1-7,10H,8-9,16H2,(H2,17,18,19). The van der Waals surface area contributed by atoms with Gasteiger partial charge in [-0.2, -0.15) is 0 Å². The predicted molar refractivity (Wildman–Crippen MR) is 81.9 cm³/mol. The summed E-state index contributed by atoms with van der Waals surface area (Å²) < 4.78 is 11.0. The molecule has 0 bridgehead atoms. The monoisotopic (exact) mass is 284 g/mol. The minimum absolute atomic E-state index is 0.442. The lowest BCUT2D eigenvalue weighted by atomic mass is 10.2. The number of guanidine groups is 1. The van der Waals surface area contributed by atoms with E-state index in [9.17, 15) is 0 Å². The van der Waals surface area contributed by atoms with E-state index < -0.39 is 0 Å². The Bertz CT molecular complexity index is 643. The van der Waals surface area contributed by atoms with Crippen molar-refractivity contribution in [3.05, 3.63) is 48.5 Å². The summed E-state index contributed by atoms with van der Waals surface area (Å²) in [6.07, 6.45) is 0. The van der Waals surface area contributed by atoms with Crippen LogP contribution in [-0.2, 0) is 0 Å². The first-order valence-electron chi connectivity index (χ1n) is 6.62. The lowest BCUT2D eigenvalue weighted by Crippen LogP contribution is -2.36. The van der Waals surface area contributed by atoms with Crippen molar-refractivity contribution in [1.29, 1.82) is 0 Å². The quantitative estimate of drug-likeness (QED) is 0.340. The van der Waals surface area contributed by atoms with Crippen LogP contribution >= 0.6 is 0 Å². The average molecular weight is 284 g/mol. The van der Waals surface area contributed by atoms with Crippen molar-refractivity contribution < 1.29 is 9.47 Å². The average Bonchev–Trinajstić information content (AvgIpc) is 2.55. The molecule has 2 aromatic rings. The van der Waals surface area contributed by atoms with Crippen LogP contribution in [0.25, 0.3) is 0 Å². The number of hydrazine groups is 1. The van der Waals surface area contributed by atoms with Gasteiger partial charge in [-0.25, -0.2) is 10.8 Å². The van der Waals surface area contributed by atoms with Crippen molar-refractivity contribution in [3.63, 3.8) is 0 Å². The van der Waals surface area contributed by atoms with E-state index >= 15 is 0 Å². The number of benzene rings is 2. The number of ether oxygens (including phenoxy) is 2. The SMILES string of the molecule is NNC(=Nc1ccccc1)Nc1ccc2c(c1)OCCO2. The first-order valence-corrected chi connectivity index (χ1v) is 6.62. The number of aliphatic imine (C=N–C) groups is 1. The molecule has 1 aliphatic heterocycles. The van der Waals surface area contributed by atoms with E-state index in [1.165, 1.54) is 0 Å². The zero-order valence-electron chi connectivity index (χ0n) is 11.4. The maximum Gasteiger partial charge on any atom is 0.215 e. The fraction of sp³-hybridized carbons (Fsp3) is 0.133. The van der Waals surface area contributed by atoms with E-state index in [2.05, 4.69) is 15.7 Å². The molecule has 6 heteroatoms. The molecule has 1 heterocycles. The number of hydrogen-bond acceptors (Lipinski definition) is 4. The second-order valence-electron chi connectivity index (χ2n) is 4.42. The molecular formula is C15H16N4O2. The van der Waals surface area contributed by atoms with Crippen LogP contribution in [-0.4, -0.2) is 19.2 Å². The molecular weight excluding hydrogens is 268 g/mol. The molecule has 0 saturated heterocycles. The van der Waals surface area contributed by atoms with Crippen LogP contribution in [0.1, 0.15) is 0 Å². The predicted octanol–water partition coefficient (Wildman–Crippen LogP) is 2.02. The zero-order chi connectivity index (χ0) is 14.5. The first-order chi connectivity index (χ1) is 10.3. The Balaban J connectivity index is 1.79. The number of nitrogens with one attached hydrogen (secondary N) is 2. The van der Waals surface area contributed by atoms with Crippen LogP contribution in [0.3, 0.4) is 0 Å². The summed E-state index contributed by atoms with van der Waals surface area (Å²) in [6, 6.07) is 15.1. The van der Waals surface area contributed by atoms with E-state index in [4.69, 9.17) is 15.3 Å². The van der Waals surface area contributed by atoms with Gasteiger partial charge >= 0.3 is 0 Å². The lowest BCUT2D eigenvalue weighted by molar-refractivity contribution is 0.171. The number of fused-ring (bicyclic) bond motifs is 1. The lowest BCUT2D eigenvalue weighted by Gasteiger charge is -2.19. The second-order valence-corrected chi connectivity index (χ2v) is 4.42. The van der Waals surface area contributed by atoms with Gasteiger partial charge in [0, 0.05) is 11.8 Å². The third kappa shape index (κ3) is 3.24. The van der Waals surface area contributed by atoms with Gasteiger partial charge in [-0.1, -0.05) is 18.2 Å². The highest BCUT2D eigenvalue weighted by molar-refractivity contribution is 5.95. The summed E-state index contributed by atoms with van der Waals surface area (Å²) >= 11 is 0.